The number of aromatic nitrogens is 2. The lowest BCUT2D eigenvalue weighted by molar-refractivity contribution is 0.181. The number of rotatable bonds is 2. The van der Waals surface area contributed by atoms with Crippen LogP contribution in [0.2, 0.25) is 0 Å². The van der Waals surface area contributed by atoms with Crippen LogP contribution in [-0.4, -0.2) is 33.0 Å². The standard InChI is InChI=1S/C11H19N3S/c1-8(2)15-11-5-12-14-6-9(3)13(4)7-10(11)14/h5,8-9H,6-7H2,1-4H3/t9-/m0/s1. The lowest BCUT2D eigenvalue weighted by Crippen LogP contribution is -2.38. The van der Waals surface area contributed by atoms with Gasteiger partial charge in [0.25, 0.3) is 0 Å². The summed E-state index contributed by atoms with van der Waals surface area (Å²) < 4.78 is 2.16. The third-order valence-electron chi connectivity index (χ3n) is 2.86. The van der Waals surface area contributed by atoms with Crippen LogP contribution >= 0.6 is 11.8 Å². The summed E-state index contributed by atoms with van der Waals surface area (Å²) in [6.07, 6.45) is 2.02. The van der Waals surface area contributed by atoms with Gasteiger partial charge in [-0.05, 0) is 14.0 Å². The number of hydrogen-bond donors (Lipinski definition) is 0. The molecule has 0 N–H and O–H groups in total. The maximum absolute atomic E-state index is 4.46. The molecule has 0 radical (unpaired) electrons. The Bertz CT molecular complexity index is 346. The van der Waals surface area contributed by atoms with Crippen LogP contribution in [0.1, 0.15) is 26.5 Å². The SMILES string of the molecule is CC(C)Sc1cnn2c1CN(C)[C@@H](C)C2. The zero-order valence-electron chi connectivity index (χ0n) is 9.90. The van der Waals surface area contributed by atoms with E-state index < -0.39 is 0 Å². The van der Waals surface area contributed by atoms with Crippen LogP contribution < -0.4 is 0 Å². The van der Waals surface area contributed by atoms with Gasteiger partial charge in [0.05, 0.1) is 23.3 Å². The molecule has 1 aliphatic rings. The van der Waals surface area contributed by atoms with Crippen molar-refractivity contribution in [1.82, 2.24) is 14.7 Å². The third kappa shape index (κ3) is 2.21. The normalized spacial score (nSPS) is 22.1. The largest absolute Gasteiger partial charge is 0.296 e. The Kier molecular flexibility index (Phi) is 3.07. The second kappa shape index (κ2) is 4.18. The van der Waals surface area contributed by atoms with E-state index in [9.17, 15) is 0 Å². The summed E-state index contributed by atoms with van der Waals surface area (Å²) in [5.74, 6) is 0. The van der Waals surface area contributed by atoms with Crippen molar-refractivity contribution in [1.29, 1.82) is 0 Å². The van der Waals surface area contributed by atoms with Crippen LogP contribution in [0.4, 0.5) is 0 Å². The molecule has 3 nitrogen and oxygen atoms in total. The number of thioether (sulfide) groups is 1. The molecule has 0 spiro atoms. The van der Waals surface area contributed by atoms with Crippen LogP contribution in [0.3, 0.4) is 0 Å². The lowest BCUT2D eigenvalue weighted by atomic mass is 10.2. The van der Waals surface area contributed by atoms with Gasteiger partial charge >= 0.3 is 0 Å². The summed E-state index contributed by atoms with van der Waals surface area (Å²) in [7, 11) is 2.19. The van der Waals surface area contributed by atoms with Crippen LogP contribution in [0.5, 0.6) is 0 Å². The Hall–Kier alpha value is -0.480. The fourth-order valence-corrected chi connectivity index (χ4v) is 2.77. The van der Waals surface area contributed by atoms with Gasteiger partial charge in [-0.15, -0.1) is 11.8 Å². The summed E-state index contributed by atoms with van der Waals surface area (Å²) in [6, 6.07) is 0.592. The van der Waals surface area contributed by atoms with E-state index in [1.165, 1.54) is 10.6 Å². The van der Waals surface area contributed by atoms with Crippen molar-refractivity contribution in [2.24, 2.45) is 0 Å². The molecule has 4 heteroatoms. The average molecular weight is 225 g/mol. The van der Waals surface area contributed by atoms with Crippen LogP contribution in [0.25, 0.3) is 0 Å². The Morgan fingerprint density at radius 2 is 2.27 bits per heavy atom. The molecule has 2 rings (SSSR count). The van der Waals surface area contributed by atoms with E-state index in [4.69, 9.17) is 0 Å². The van der Waals surface area contributed by atoms with Crippen molar-refractivity contribution in [3.05, 3.63) is 11.9 Å². The minimum atomic E-state index is 0.592. The first kappa shape index (κ1) is 11.0. The molecular formula is C11H19N3S. The Labute approximate surface area is 95.8 Å². The highest BCUT2D eigenvalue weighted by Gasteiger charge is 2.23. The summed E-state index contributed by atoms with van der Waals surface area (Å²) in [6.45, 7) is 8.74. The first-order valence-corrected chi connectivity index (χ1v) is 6.37. The summed E-state index contributed by atoms with van der Waals surface area (Å²) in [4.78, 5) is 3.74. The molecule has 0 fully saturated rings. The number of hydrogen-bond acceptors (Lipinski definition) is 3. The van der Waals surface area contributed by atoms with Gasteiger partial charge < -0.3 is 0 Å². The summed E-state index contributed by atoms with van der Waals surface area (Å²) in [5.41, 5.74) is 1.38. The van der Waals surface area contributed by atoms with Crippen LogP contribution in [0, 0.1) is 0 Å². The number of fused-ring (bicyclic) bond motifs is 1. The molecule has 0 unspecified atom stereocenters. The maximum atomic E-state index is 4.46. The molecule has 0 bridgehead atoms. The molecule has 1 aromatic rings. The van der Waals surface area contributed by atoms with Crippen molar-refractivity contribution in [2.75, 3.05) is 7.05 Å². The van der Waals surface area contributed by atoms with Gasteiger partial charge in [-0.2, -0.15) is 5.10 Å². The van der Waals surface area contributed by atoms with E-state index in [1.54, 1.807) is 0 Å². The molecule has 1 atom stereocenters. The molecule has 1 aromatic heterocycles. The fraction of sp³-hybridized carbons (Fsp3) is 0.727. The lowest BCUT2D eigenvalue weighted by Gasteiger charge is -2.31. The Balaban J connectivity index is 2.23. The second-order valence-electron chi connectivity index (χ2n) is 4.57. The maximum Gasteiger partial charge on any atom is 0.0661 e. The minimum Gasteiger partial charge on any atom is -0.296 e. The highest BCUT2D eigenvalue weighted by atomic mass is 32.2. The highest BCUT2D eigenvalue weighted by Crippen LogP contribution is 2.29. The van der Waals surface area contributed by atoms with Gasteiger partial charge in [-0.3, -0.25) is 9.58 Å². The van der Waals surface area contributed by atoms with Gasteiger partial charge in [-0.1, -0.05) is 13.8 Å². The zero-order chi connectivity index (χ0) is 11.0. The van der Waals surface area contributed by atoms with E-state index in [1.807, 2.05) is 18.0 Å². The van der Waals surface area contributed by atoms with E-state index in [-0.39, 0.29) is 0 Å². The molecule has 0 aliphatic carbocycles. The quantitative estimate of drug-likeness (QED) is 0.720. The average Bonchev–Trinajstić information content (AvgIpc) is 2.49. The number of likely N-dealkylation sites (N-methyl/N-ethyl adjacent to an activating group) is 1. The number of nitrogens with zero attached hydrogens (tertiary/aromatic N) is 3. The monoisotopic (exact) mass is 225 g/mol. The molecule has 15 heavy (non-hydrogen) atoms. The van der Waals surface area contributed by atoms with Crippen molar-refractivity contribution < 1.29 is 0 Å². The van der Waals surface area contributed by atoms with Crippen molar-refractivity contribution >= 4 is 11.8 Å². The predicted octanol–water partition coefficient (Wildman–Crippen LogP) is 2.22. The van der Waals surface area contributed by atoms with Crippen LogP contribution in [-0.2, 0) is 13.1 Å². The van der Waals surface area contributed by atoms with Crippen molar-refractivity contribution in [3.8, 4) is 0 Å². The van der Waals surface area contributed by atoms with E-state index in [0.29, 0.717) is 11.3 Å². The Morgan fingerprint density at radius 3 is 2.93 bits per heavy atom. The van der Waals surface area contributed by atoms with Crippen LogP contribution in [0.15, 0.2) is 11.1 Å². The van der Waals surface area contributed by atoms with Gasteiger partial charge in [0.1, 0.15) is 0 Å². The molecule has 0 saturated heterocycles. The molecule has 1 aliphatic heterocycles. The summed E-state index contributed by atoms with van der Waals surface area (Å²) >= 11 is 1.91. The zero-order valence-corrected chi connectivity index (χ0v) is 10.7. The van der Waals surface area contributed by atoms with Gasteiger partial charge in [-0.25, -0.2) is 0 Å². The van der Waals surface area contributed by atoms with Gasteiger partial charge in [0, 0.05) is 17.8 Å². The third-order valence-corrected chi connectivity index (χ3v) is 3.93. The molecule has 0 amide bonds. The fourth-order valence-electron chi connectivity index (χ4n) is 1.84. The Morgan fingerprint density at radius 1 is 1.53 bits per heavy atom. The first-order valence-electron chi connectivity index (χ1n) is 5.49. The van der Waals surface area contributed by atoms with Gasteiger partial charge in [0.15, 0.2) is 0 Å². The molecule has 84 valence electrons. The van der Waals surface area contributed by atoms with E-state index in [0.717, 1.165) is 13.1 Å². The van der Waals surface area contributed by atoms with Crippen molar-refractivity contribution in [2.45, 2.75) is 50.0 Å². The van der Waals surface area contributed by atoms with Crippen molar-refractivity contribution in [3.63, 3.8) is 0 Å². The topological polar surface area (TPSA) is 21.1 Å². The molecule has 0 aromatic carbocycles. The predicted molar refractivity (Wildman–Crippen MR) is 64.1 cm³/mol. The molecule has 0 saturated carbocycles. The summed E-state index contributed by atoms with van der Waals surface area (Å²) in [5, 5.41) is 5.09. The van der Waals surface area contributed by atoms with E-state index >= 15 is 0 Å². The molecule has 2 heterocycles. The van der Waals surface area contributed by atoms with E-state index in [2.05, 4.69) is 42.5 Å². The minimum absolute atomic E-state index is 0.592. The second-order valence-corrected chi connectivity index (χ2v) is 6.19. The molecular weight excluding hydrogens is 206 g/mol. The smallest absolute Gasteiger partial charge is 0.0661 e. The highest BCUT2D eigenvalue weighted by molar-refractivity contribution is 8.00. The van der Waals surface area contributed by atoms with Gasteiger partial charge in [0.2, 0.25) is 0 Å². The first-order chi connectivity index (χ1) is 7.08.